The summed E-state index contributed by atoms with van der Waals surface area (Å²) in [6.07, 6.45) is 1.88. The topological polar surface area (TPSA) is 56.8 Å². The molecule has 0 radical (unpaired) electrons. The van der Waals surface area contributed by atoms with Gasteiger partial charge in [-0.05, 0) is 74.7 Å². The molecule has 0 aliphatic carbocycles. The number of aromatic nitrogens is 1. The van der Waals surface area contributed by atoms with Gasteiger partial charge in [0.25, 0.3) is 0 Å². The number of pyridine rings is 1. The fraction of sp³-hybridized carbons (Fsp3) is 0.400. The Kier molecular flexibility index (Phi) is 5.55. The summed E-state index contributed by atoms with van der Waals surface area (Å²) in [5.41, 5.74) is 3.38. The van der Waals surface area contributed by atoms with E-state index in [4.69, 9.17) is 4.98 Å². The van der Waals surface area contributed by atoms with E-state index in [0.717, 1.165) is 49.2 Å². The number of fused-ring (bicyclic) bond motifs is 1. The van der Waals surface area contributed by atoms with Gasteiger partial charge in [0.2, 0.25) is 10.0 Å². The summed E-state index contributed by atoms with van der Waals surface area (Å²) in [5.74, 6) is 0.948. The number of hydrogen-bond acceptors (Lipinski definition) is 5. The minimum Gasteiger partial charge on any atom is -0.365 e. The Labute approximate surface area is 190 Å². The average molecular weight is 451 g/mol. The van der Waals surface area contributed by atoms with Gasteiger partial charge in [0.05, 0.1) is 10.4 Å². The monoisotopic (exact) mass is 450 g/mol. The molecule has 6 nitrogen and oxygen atoms in total. The molecule has 2 aliphatic rings. The van der Waals surface area contributed by atoms with E-state index in [1.807, 2.05) is 18.2 Å². The Morgan fingerprint density at radius 2 is 1.75 bits per heavy atom. The van der Waals surface area contributed by atoms with Crippen molar-refractivity contribution in [1.82, 2.24) is 9.29 Å². The largest absolute Gasteiger partial charge is 0.365 e. The van der Waals surface area contributed by atoms with Crippen LogP contribution in [0.25, 0.3) is 10.9 Å². The van der Waals surface area contributed by atoms with Crippen LogP contribution in [-0.4, -0.2) is 56.5 Å². The Morgan fingerprint density at radius 3 is 2.50 bits per heavy atom. The molecule has 2 saturated heterocycles. The maximum atomic E-state index is 12.9. The van der Waals surface area contributed by atoms with Crippen molar-refractivity contribution in [2.75, 3.05) is 42.5 Å². The van der Waals surface area contributed by atoms with E-state index >= 15 is 0 Å². The predicted octanol–water partition coefficient (Wildman–Crippen LogP) is 4.04. The average Bonchev–Trinajstić information content (AvgIpc) is 3.34. The van der Waals surface area contributed by atoms with Crippen LogP contribution in [0.5, 0.6) is 0 Å². The summed E-state index contributed by atoms with van der Waals surface area (Å²) in [6.45, 7) is 8.36. The molecule has 0 bridgehead atoms. The first-order valence-electron chi connectivity index (χ1n) is 11.4. The fourth-order valence-electron chi connectivity index (χ4n) is 4.86. The van der Waals surface area contributed by atoms with Gasteiger partial charge in [-0.3, -0.25) is 0 Å². The second kappa shape index (κ2) is 8.37. The summed E-state index contributed by atoms with van der Waals surface area (Å²) in [5, 5.41) is 0.862. The number of nitrogens with zero attached hydrogens (tertiary/aromatic N) is 4. The SMILES string of the molecule is Cc1cccc(N2CCN(c3ccc4cc(S(=O)(=O)N5CCCC5)ccc4n3)CC2C)c1. The van der Waals surface area contributed by atoms with Crippen LogP contribution < -0.4 is 9.80 Å². The zero-order valence-electron chi connectivity index (χ0n) is 18.7. The maximum absolute atomic E-state index is 12.9. The van der Waals surface area contributed by atoms with Crippen molar-refractivity contribution >= 4 is 32.4 Å². The minimum atomic E-state index is -3.41. The van der Waals surface area contributed by atoms with Crippen LogP contribution in [0.4, 0.5) is 11.5 Å². The molecule has 1 aromatic heterocycles. The Bertz CT molecular complexity index is 1240. The van der Waals surface area contributed by atoms with Crippen molar-refractivity contribution in [2.45, 2.75) is 37.6 Å². The summed E-state index contributed by atoms with van der Waals surface area (Å²) < 4.78 is 27.4. The first-order valence-corrected chi connectivity index (χ1v) is 12.8. The number of hydrogen-bond donors (Lipinski definition) is 0. The Morgan fingerprint density at radius 1 is 0.938 bits per heavy atom. The van der Waals surface area contributed by atoms with Gasteiger partial charge < -0.3 is 9.80 Å². The molecule has 168 valence electrons. The molecule has 3 aromatic rings. The highest BCUT2D eigenvalue weighted by atomic mass is 32.2. The van der Waals surface area contributed by atoms with E-state index < -0.39 is 10.0 Å². The van der Waals surface area contributed by atoms with Crippen LogP contribution in [0.15, 0.2) is 59.5 Å². The molecular formula is C25H30N4O2S. The lowest BCUT2D eigenvalue weighted by atomic mass is 10.1. The third-order valence-corrected chi connectivity index (χ3v) is 8.53. The van der Waals surface area contributed by atoms with Gasteiger partial charge in [0, 0.05) is 49.8 Å². The smallest absolute Gasteiger partial charge is 0.243 e. The van der Waals surface area contributed by atoms with E-state index in [1.54, 1.807) is 16.4 Å². The van der Waals surface area contributed by atoms with Crippen LogP contribution in [0.2, 0.25) is 0 Å². The molecule has 7 heteroatoms. The molecule has 2 fully saturated rings. The van der Waals surface area contributed by atoms with Gasteiger partial charge in [-0.1, -0.05) is 12.1 Å². The number of anilines is 2. The number of rotatable bonds is 4. The molecule has 0 amide bonds. The van der Waals surface area contributed by atoms with Gasteiger partial charge in [-0.15, -0.1) is 0 Å². The van der Waals surface area contributed by atoms with Gasteiger partial charge >= 0.3 is 0 Å². The van der Waals surface area contributed by atoms with Crippen molar-refractivity contribution in [3.05, 3.63) is 60.2 Å². The molecule has 1 atom stereocenters. The number of aryl methyl sites for hydroxylation is 1. The van der Waals surface area contributed by atoms with Crippen molar-refractivity contribution in [3.63, 3.8) is 0 Å². The molecule has 2 aliphatic heterocycles. The lowest BCUT2D eigenvalue weighted by molar-refractivity contribution is 0.477. The molecule has 3 heterocycles. The zero-order chi connectivity index (χ0) is 22.3. The van der Waals surface area contributed by atoms with Crippen LogP contribution in [0.1, 0.15) is 25.3 Å². The standard InChI is InChI=1S/C25H30N4O2S/c1-19-6-5-7-22(16-19)29-15-14-27(18-20(29)2)25-11-8-21-17-23(9-10-24(21)26-25)32(30,31)28-12-3-4-13-28/h5-11,16-17,20H,3-4,12-15,18H2,1-2H3. The van der Waals surface area contributed by atoms with E-state index in [2.05, 4.69) is 47.9 Å². The van der Waals surface area contributed by atoms with Gasteiger partial charge in [-0.25, -0.2) is 13.4 Å². The number of piperazine rings is 1. The summed E-state index contributed by atoms with van der Waals surface area (Å²) in [6, 6.07) is 18.4. The lowest BCUT2D eigenvalue weighted by Crippen LogP contribution is -2.52. The molecule has 0 N–H and O–H groups in total. The van der Waals surface area contributed by atoms with Crippen LogP contribution >= 0.6 is 0 Å². The highest BCUT2D eigenvalue weighted by Crippen LogP contribution is 2.27. The fourth-order valence-corrected chi connectivity index (χ4v) is 6.42. The lowest BCUT2D eigenvalue weighted by Gasteiger charge is -2.42. The van der Waals surface area contributed by atoms with Crippen molar-refractivity contribution in [1.29, 1.82) is 0 Å². The van der Waals surface area contributed by atoms with Crippen LogP contribution in [0, 0.1) is 6.92 Å². The summed E-state index contributed by atoms with van der Waals surface area (Å²) >= 11 is 0. The molecule has 2 aromatic carbocycles. The highest BCUT2D eigenvalue weighted by Gasteiger charge is 2.28. The van der Waals surface area contributed by atoms with Crippen LogP contribution in [-0.2, 0) is 10.0 Å². The van der Waals surface area contributed by atoms with Gasteiger partial charge in [-0.2, -0.15) is 4.31 Å². The Balaban J connectivity index is 1.35. The normalized spacial score (nSPS) is 20.2. The highest BCUT2D eigenvalue weighted by molar-refractivity contribution is 7.89. The Hall–Kier alpha value is -2.64. The van der Waals surface area contributed by atoms with E-state index in [1.165, 1.54) is 11.3 Å². The van der Waals surface area contributed by atoms with Crippen molar-refractivity contribution < 1.29 is 8.42 Å². The first kappa shape index (κ1) is 21.2. The van der Waals surface area contributed by atoms with Gasteiger partial charge in [0.15, 0.2) is 0 Å². The quantitative estimate of drug-likeness (QED) is 0.600. The molecule has 1 unspecified atom stereocenters. The van der Waals surface area contributed by atoms with E-state index in [9.17, 15) is 8.42 Å². The predicted molar refractivity (Wildman–Crippen MR) is 130 cm³/mol. The molecule has 0 spiro atoms. The van der Waals surface area contributed by atoms with Gasteiger partial charge in [0.1, 0.15) is 5.82 Å². The molecular weight excluding hydrogens is 420 g/mol. The number of benzene rings is 2. The molecule has 0 saturated carbocycles. The molecule has 32 heavy (non-hydrogen) atoms. The van der Waals surface area contributed by atoms with Crippen molar-refractivity contribution in [2.24, 2.45) is 0 Å². The second-order valence-corrected chi connectivity index (χ2v) is 10.9. The van der Waals surface area contributed by atoms with Crippen LogP contribution in [0.3, 0.4) is 0 Å². The third kappa shape index (κ3) is 3.95. The van der Waals surface area contributed by atoms with E-state index in [0.29, 0.717) is 24.0 Å². The number of sulfonamides is 1. The second-order valence-electron chi connectivity index (χ2n) is 8.96. The minimum absolute atomic E-state index is 0.363. The molecule has 5 rings (SSSR count). The maximum Gasteiger partial charge on any atom is 0.243 e. The third-order valence-electron chi connectivity index (χ3n) is 6.63. The van der Waals surface area contributed by atoms with Crippen molar-refractivity contribution in [3.8, 4) is 0 Å². The van der Waals surface area contributed by atoms with E-state index in [-0.39, 0.29) is 0 Å². The summed E-state index contributed by atoms with van der Waals surface area (Å²) in [7, 11) is -3.41. The zero-order valence-corrected chi connectivity index (χ0v) is 19.6. The summed E-state index contributed by atoms with van der Waals surface area (Å²) in [4.78, 5) is 10.0. The first-order chi connectivity index (χ1) is 15.4.